The predicted octanol–water partition coefficient (Wildman–Crippen LogP) is 2.62. The minimum atomic E-state index is -0.179. The number of carbonyl (C=O) groups is 1. The average molecular weight is 378 g/mol. The van der Waals surface area contributed by atoms with Crippen LogP contribution in [0.5, 0.6) is 5.75 Å². The first kappa shape index (κ1) is 18.3. The van der Waals surface area contributed by atoms with Crippen LogP contribution >= 0.6 is 0 Å². The molecule has 1 amide bonds. The van der Waals surface area contributed by atoms with Gasteiger partial charge in [-0.15, -0.1) is 0 Å². The second-order valence-corrected chi connectivity index (χ2v) is 6.89. The van der Waals surface area contributed by atoms with Crippen molar-refractivity contribution in [2.75, 3.05) is 26.8 Å². The molecule has 0 bridgehead atoms. The molecular weight excluding hydrogens is 356 g/mol. The number of aromatic amines is 1. The highest BCUT2D eigenvalue weighted by molar-refractivity contribution is 5.94. The molecule has 28 heavy (non-hydrogen) atoms. The van der Waals surface area contributed by atoms with Gasteiger partial charge in [0, 0.05) is 36.5 Å². The molecular formula is C22H22N2O4. The molecule has 1 aliphatic rings. The van der Waals surface area contributed by atoms with Crippen LogP contribution in [0.2, 0.25) is 0 Å². The van der Waals surface area contributed by atoms with E-state index in [2.05, 4.69) is 4.98 Å². The Morgan fingerprint density at radius 1 is 1.21 bits per heavy atom. The summed E-state index contributed by atoms with van der Waals surface area (Å²) >= 11 is 0. The SMILES string of the molecule is COc1cccc(C[C@H]2CN(C(=O)c3cc(=O)c4ccccc4[nH]3)CCO2)c1. The van der Waals surface area contributed by atoms with Gasteiger partial charge in [-0.25, -0.2) is 0 Å². The number of amides is 1. The first-order valence-corrected chi connectivity index (χ1v) is 9.30. The highest BCUT2D eigenvalue weighted by atomic mass is 16.5. The number of carbonyl (C=O) groups excluding carboxylic acids is 1. The van der Waals surface area contributed by atoms with Crippen LogP contribution in [0.4, 0.5) is 0 Å². The molecule has 2 aromatic carbocycles. The molecule has 3 aromatic rings. The second-order valence-electron chi connectivity index (χ2n) is 6.89. The zero-order valence-electron chi connectivity index (χ0n) is 15.7. The van der Waals surface area contributed by atoms with Crippen molar-refractivity contribution in [3.63, 3.8) is 0 Å². The van der Waals surface area contributed by atoms with E-state index in [1.165, 1.54) is 6.07 Å². The Bertz CT molecular complexity index is 1060. The Morgan fingerprint density at radius 3 is 2.93 bits per heavy atom. The lowest BCUT2D eigenvalue weighted by Gasteiger charge is -2.33. The normalized spacial score (nSPS) is 16.9. The van der Waals surface area contributed by atoms with Crippen LogP contribution in [0.15, 0.2) is 59.4 Å². The van der Waals surface area contributed by atoms with E-state index in [0.717, 1.165) is 11.3 Å². The van der Waals surface area contributed by atoms with E-state index in [1.54, 1.807) is 24.1 Å². The van der Waals surface area contributed by atoms with E-state index in [-0.39, 0.29) is 17.4 Å². The topological polar surface area (TPSA) is 71.6 Å². The summed E-state index contributed by atoms with van der Waals surface area (Å²) in [6.45, 7) is 1.45. The van der Waals surface area contributed by atoms with E-state index in [9.17, 15) is 9.59 Å². The van der Waals surface area contributed by atoms with Gasteiger partial charge in [0.25, 0.3) is 5.91 Å². The molecule has 0 aliphatic carbocycles. The fourth-order valence-electron chi connectivity index (χ4n) is 3.57. The van der Waals surface area contributed by atoms with Crippen molar-refractivity contribution in [3.05, 3.63) is 76.1 Å². The molecule has 0 unspecified atom stereocenters. The van der Waals surface area contributed by atoms with Crippen LogP contribution in [0.1, 0.15) is 16.1 Å². The van der Waals surface area contributed by atoms with Crippen LogP contribution in [0.3, 0.4) is 0 Å². The number of hydrogen-bond donors (Lipinski definition) is 1. The molecule has 4 rings (SSSR count). The molecule has 144 valence electrons. The average Bonchev–Trinajstić information content (AvgIpc) is 2.73. The molecule has 2 heterocycles. The zero-order chi connectivity index (χ0) is 19.5. The Hall–Kier alpha value is -3.12. The van der Waals surface area contributed by atoms with Gasteiger partial charge in [-0.05, 0) is 29.8 Å². The van der Waals surface area contributed by atoms with Gasteiger partial charge in [0.15, 0.2) is 5.43 Å². The van der Waals surface area contributed by atoms with Gasteiger partial charge < -0.3 is 19.4 Å². The monoisotopic (exact) mass is 378 g/mol. The third-order valence-corrected chi connectivity index (χ3v) is 4.99. The number of rotatable bonds is 4. The first-order chi connectivity index (χ1) is 13.6. The van der Waals surface area contributed by atoms with Crippen LogP contribution < -0.4 is 10.2 Å². The van der Waals surface area contributed by atoms with Crippen LogP contribution in [-0.2, 0) is 11.2 Å². The maximum Gasteiger partial charge on any atom is 0.270 e. The summed E-state index contributed by atoms with van der Waals surface area (Å²) in [6, 6.07) is 16.4. The summed E-state index contributed by atoms with van der Waals surface area (Å²) in [5, 5.41) is 0.580. The minimum Gasteiger partial charge on any atom is -0.497 e. The summed E-state index contributed by atoms with van der Waals surface area (Å²) in [6.07, 6.45) is 0.590. The van der Waals surface area contributed by atoms with Gasteiger partial charge >= 0.3 is 0 Å². The van der Waals surface area contributed by atoms with E-state index in [1.807, 2.05) is 36.4 Å². The van der Waals surface area contributed by atoms with E-state index < -0.39 is 0 Å². The fourth-order valence-corrected chi connectivity index (χ4v) is 3.57. The number of benzene rings is 2. The van der Waals surface area contributed by atoms with Crippen molar-refractivity contribution < 1.29 is 14.3 Å². The van der Waals surface area contributed by atoms with Crippen molar-refractivity contribution in [1.82, 2.24) is 9.88 Å². The fraction of sp³-hybridized carbons (Fsp3) is 0.273. The molecule has 1 atom stereocenters. The van der Waals surface area contributed by atoms with Crippen LogP contribution in [0.25, 0.3) is 10.9 Å². The number of para-hydroxylation sites is 1. The van der Waals surface area contributed by atoms with Crippen molar-refractivity contribution in [3.8, 4) is 5.75 Å². The number of H-pyrrole nitrogens is 1. The number of morpholine rings is 1. The molecule has 1 aliphatic heterocycles. The van der Waals surface area contributed by atoms with Crippen molar-refractivity contribution >= 4 is 16.8 Å². The van der Waals surface area contributed by atoms with Gasteiger partial charge in [-0.2, -0.15) is 0 Å². The quantitative estimate of drug-likeness (QED) is 0.758. The Kier molecular flexibility index (Phi) is 5.12. The number of methoxy groups -OCH3 is 1. The van der Waals surface area contributed by atoms with Gasteiger partial charge in [-0.1, -0.05) is 24.3 Å². The minimum absolute atomic E-state index is 0.100. The number of nitrogens with one attached hydrogen (secondary N) is 1. The predicted molar refractivity (Wildman–Crippen MR) is 107 cm³/mol. The van der Waals surface area contributed by atoms with E-state index in [4.69, 9.17) is 9.47 Å². The molecule has 1 N–H and O–H groups in total. The Balaban J connectivity index is 1.51. The maximum absolute atomic E-state index is 13.0. The second kappa shape index (κ2) is 7.86. The zero-order valence-corrected chi connectivity index (χ0v) is 15.7. The number of hydrogen-bond acceptors (Lipinski definition) is 4. The summed E-state index contributed by atoms with van der Waals surface area (Å²) in [4.78, 5) is 30.1. The number of nitrogens with zero attached hydrogens (tertiary/aromatic N) is 1. The molecule has 6 heteroatoms. The smallest absolute Gasteiger partial charge is 0.270 e. The molecule has 1 saturated heterocycles. The highest BCUT2D eigenvalue weighted by Crippen LogP contribution is 2.18. The van der Waals surface area contributed by atoms with Crippen molar-refractivity contribution in [2.24, 2.45) is 0 Å². The van der Waals surface area contributed by atoms with Crippen molar-refractivity contribution in [1.29, 1.82) is 0 Å². The van der Waals surface area contributed by atoms with Gasteiger partial charge in [0.2, 0.25) is 0 Å². The molecule has 0 spiro atoms. The van der Waals surface area contributed by atoms with E-state index >= 15 is 0 Å². The Morgan fingerprint density at radius 2 is 2.07 bits per heavy atom. The summed E-state index contributed by atoms with van der Waals surface area (Å²) in [5.41, 5.74) is 1.92. The van der Waals surface area contributed by atoms with Crippen molar-refractivity contribution in [2.45, 2.75) is 12.5 Å². The molecule has 1 aromatic heterocycles. The summed E-state index contributed by atoms with van der Waals surface area (Å²) in [7, 11) is 1.64. The summed E-state index contributed by atoms with van der Waals surface area (Å²) < 4.78 is 11.1. The Labute approximate surface area is 162 Å². The lowest BCUT2D eigenvalue weighted by Crippen LogP contribution is -2.46. The van der Waals surface area contributed by atoms with E-state index in [0.29, 0.717) is 42.7 Å². The molecule has 0 radical (unpaired) electrons. The van der Waals surface area contributed by atoms with Gasteiger partial charge in [-0.3, -0.25) is 9.59 Å². The number of aromatic nitrogens is 1. The lowest BCUT2D eigenvalue weighted by atomic mass is 10.1. The summed E-state index contributed by atoms with van der Waals surface area (Å²) in [5.74, 6) is 0.622. The molecule has 6 nitrogen and oxygen atoms in total. The maximum atomic E-state index is 13.0. The third kappa shape index (κ3) is 3.77. The number of fused-ring (bicyclic) bond motifs is 1. The number of ether oxygens (including phenoxy) is 2. The number of pyridine rings is 1. The van der Waals surface area contributed by atoms with Crippen LogP contribution in [-0.4, -0.2) is 48.7 Å². The van der Waals surface area contributed by atoms with Gasteiger partial charge in [0.1, 0.15) is 11.4 Å². The standard InChI is InChI=1S/C22H22N2O4/c1-27-16-6-4-5-15(11-16)12-17-14-24(9-10-28-17)22(26)20-13-21(25)18-7-2-3-8-19(18)23-20/h2-8,11,13,17H,9-10,12,14H2,1H3,(H,23,25)/t17-/m0/s1. The highest BCUT2D eigenvalue weighted by Gasteiger charge is 2.26. The largest absolute Gasteiger partial charge is 0.497 e. The third-order valence-electron chi connectivity index (χ3n) is 4.99. The van der Waals surface area contributed by atoms with Crippen LogP contribution in [0, 0.1) is 0 Å². The van der Waals surface area contributed by atoms with Gasteiger partial charge in [0.05, 0.1) is 19.8 Å². The molecule has 0 saturated carbocycles. The first-order valence-electron chi connectivity index (χ1n) is 9.30. The lowest BCUT2D eigenvalue weighted by molar-refractivity contribution is -0.0210. The molecule has 1 fully saturated rings.